The van der Waals surface area contributed by atoms with Crippen LogP contribution in [0.25, 0.3) is 0 Å². The van der Waals surface area contributed by atoms with Gasteiger partial charge in [0.25, 0.3) is 0 Å². The zero-order valence-electron chi connectivity index (χ0n) is 19.0. The molecule has 5 N–H and O–H groups in total. The normalized spacial score (nSPS) is 21.0. The van der Waals surface area contributed by atoms with Crippen molar-refractivity contribution in [3.05, 3.63) is 35.9 Å². The number of rotatable bonds is 7. The van der Waals surface area contributed by atoms with Gasteiger partial charge < -0.3 is 31.3 Å². The fraction of sp³-hybridized carbons (Fsp3) is 0.565. The molecule has 4 rings (SSSR count). The molecule has 1 saturated heterocycles. The molecule has 1 saturated carbocycles. The molecule has 0 spiro atoms. The molecule has 33 heavy (non-hydrogen) atoms. The van der Waals surface area contributed by atoms with Crippen LogP contribution < -0.4 is 21.7 Å². The number of anilines is 3. The van der Waals surface area contributed by atoms with Crippen molar-refractivity contribution in [2.24, 2.45) is 17.6 Å². The minimum Gasteiger partial charge on any atom is -0.445 e. The molecule has 0 unspecified atom stereocenters. The molecule has 1 aliphatic heterocycles. The van der Waals surface area contributed by atoms with E-state index in [1.165, 1.54) is 25.7 Å². The van der Waals surface area contributed by atoms with Gasteiger partial charge in [0.1, 0.15) is 6.61 Å². The highest BCUT2D eigenvalue weighted by Crippen LogP contribution is 2.28. The molecule has 1 aliphatic carbocycles. The largest absolute Gasteiger partial charge is 0.445 e. The Morgan fingerprint density at radius 1 is 1.00 bits per heavy atom. The van der Waals surface area contributed by atoms with Gasteiger partial charge in [0.15, 0.2) is 0 Å². The molecule has 178 valence electrons. The molecule has 2 aliphatic rings. The topological polar surface area (TPSA) is 136 Å². The van der Waals surface area contributed by atoms with Gasteiger partial charge >= 0.3 is 6.09 Å². The summed E-state index contributed by atoms with van der Waals surface area (Å²) >= 11 is 0. The summed E-state index contributed by atoms with van der Waals surface area (Å²) in [6.07, 6.45) is 4.41. The summed E-state index contributed by atoms with van der Waals surface area (Å²) in [5.74, 6) is 2.49. The molecule has 1 aromatic carbocycles. The van der Waals surface area contributed by atoms with Crippen molar-refractivity contribution in [2.75, 3.05) is 55.2 Å². The number of nitrogens with zero attached hydrogens (tertiary/aromatic N) is 5. The molecule has 2 fully saturated rings. The maximum Gasteiger partial charge on any atom is 0.410 e. The Kier molecular flexibility index (Phi) is 7.77. The fourth-order valence-corrected chi connectivity index (χ4v) is 4.41. The molecule has 10 heteroatoms. The highest BCUT2D eigenvalue weighted by molar-refractivity contribution is 5.68. The van der Waals surface area contributed by atoms with E-state index in [1.807, 2.05) is 35.2 Å². The van der Waals surface area contributed by atoms with E-state index in [4.69, 9.17) is 16.2 Å². The lowest BCUT2D eigenvalue weighted by atomic mass is 9.82. The number of piperazine rings is 1. The van der Waals surface area contributed by atoms with Gasteiger partial charge in [-0.25, -0.2) is 4.79 Å². The van der Waals surface area contributed by atoms with Crippen molar-refractivity contribution >= 4 is 23.9 Å². The van der Waals surface area contributed by atoms with Gasteiger partial charge in [0.05, 0.1) is 0 Å². The Labute approximate surface area is 194 Å². The molecule has 2 heterocycles. The van der Waals surface area contributed by atoms with E-state index in [1.54, 1.807) is 4.90 Å². The lowest BCUT2D eigenvalue weighted by Crippen LogP contribution is -2.49. The van der Waals surface area contributed by atoms with Crippen LogP contribution in [0.2, 0.25) is 0 Å². The quantitative estimate of drug-likeness (QED) is 0.574. The summed E-state index contributed by atoms with van der Waals surface area (Å²) in [7, 11) is 0. The van der Waals surface area contributed by atoms with Gasteiger partial charge in [-0.05, 0) is 49.6 Å². The Morgan fingerprint density at radius 2 is 1.70 bits per heavy atom. The molecule has 0 atom stereocenters. The van der Waals surface area contributed by atoms with Gasteiger partial charge in [-0.15, -0.1) is 0 Å². The van der Waals surface area contributed by atoms with E-state index >= 15 is 0 Å². The summed E-state index contributed by atoms with van der Waals surface area (Å²) in [5, 5.41) is 3.34. The number of hydrogen-bond donors (Lipinski definition) is 3. The first kappa shape index (κ1) is 23.0. The summed E-state index contributed by atoms with van der Waals surface area (Å²) in [5.41, 5.74) is 12.7. The number of aromatic nitrogens is 3. The number of ether oxygens (including phenoxy) is 1. The van der Waals surface area contributed by atoms with E-state index in [9.17, 15) is 4.79 Å². The third-order valence-corrected chi connectivity index (χ3v) is 6.52. The van der Waals surface area contributed by atoms with Gasteiger partial charge in [-0.3, -0.25) is 0 Å². The first-order valence-electron chi connectivity index (χ1n) is 11.8. The lowest BCUT2D eigenvalue weighted by Gasteiger charge is -2.34. The van der Waals surface area contributed by atoms with E-state index in [-0.39, 0.29) is 18.6 Å². The van der Waals surface area contributed by atoms with Crippen LogP contribution in [-0.4, -0.2) is 65.2 Å². The second-order valence-electron chi connectivity index (χ2n) is 8.83. The Hall–Kier alpha value is -3.14. The zero-order chi connectivity index (χ0) is 23.0. The molecule has 0 bridgehead atoms. The smallest absolute Gasteiger partial charge is 0.410 e. The Bertz CT molecular complexity index is 897. The second kappa shape index (κ2) is 11.1. The van der Waals surface area contributed by atoms with E-state index in [0.717, 1.165) is 18.7 Å². The molecular weight excluding hydrogens is 420 g/mol. The molecule has 2 aromatic rings. The molecule has 10 nitrogen and oxygen atoms in total. The van der Waals surface area contributed by atoms with Crippen LogP contribution in [0.15, 0.2) is 30.3 Å². The van der Waals surface area contributed by atoms with Crippen LogP contribution >= 0.6 is 0 Å². The van der Waals surface area contributed by atoms with Crippen LogP contribution in [0.4, 0.5) is 22.6 Å². The first-order chi connectivity index (χ1) is 16.1. The minimum absolute atomic E-state index is 0.194. The maximum absolute atomic E-state index is 12.4. The van der Waals surface area contributed by atoms with E-state index < -0.39 is 0 Å². The van der Waals surface area contributed by atoms with Crippen LogP contribution in [0.1, 0.15) is 31.2 Å². The third-order valence-electron chi connectivity index (χ3n) is 6.52. The number of nitrogen functional groups attached to an aromatic ring is 1. The number of hydrogen-bond acceptors (Lipinski definition) is 9. The van der Waals surface area contributed by atoms with Gasteiger partial charge in [0.2, 0.25) is 17.8 Å². The lowest BCUT2D eigenvalue weighted by molar-refractivity contribution is 0.0940. The predicted octanol–water partition coefficient (Wildman–Crippen LogP) is 2.09. The van der Waals surface area contributed by atoms with Crippen LogP contribution in [0.5, 0.6) is 0 Å². The highest BCUT2D eigenvalue weighted by Gasteiger charge is 2.25. The summed E-state index contributed by atoms with van der Waals surface area (Å²) < 4.78 is 5.44. The minimum atomic E-state index is -0.305. The molecule has 1 amide bonds. The van der Waals surface area contributed by atoms with Crippen molar-refractivity contribution in [1.29, 1.82) is 0 Å². The van der Waals surface area contributed by atoms with Gasteiger partial charge in [0, 0.05) is 32.7 Å². The number of nitrogens with one attached hydrogen (secondary N) is 1. The van der Waals surface area contributed by atoms with Crippen LogP contribution in [0, 0.1) is 11.8 Å². The number of benzene rings is 1. The Balaban J connectivity index is 1.25. The molecule has 0 radical (unpaired) electrons. The SMILES string of the molecule is NCC1CCC(CNc2nc(N)nc(N3CCN(C(=O)OCc4ccccc4)CC3)n2)CC1. The average molecular weight is 455 g/mol. The third kappa shape index (κ3) is 6.44. The van der Waals surface area contributed by atoms with Crippen LogP contribution in [0.3, 0.4) is 0 Å². The van der Waals surface area contributed by atoms with Crippen LogP contribution in [-0.2, 0) is 11.3 Å². The second-order valence-corrected chi connectivity index (χ2v) is 8.83. The van der Waals surface area contributed by atoms with Crippen molar-refractivity contribution in [3.63, 3.8) is 0 Å². The summed E-state index contributed by atoms with van der Waals surface area (Å²) in [6.45, 7) is 4.15. The number of amides is 1. The van der Waals surface area contributed by atoms with Crippen molar-refractivity contribution in [1.82, 2.24) is 19.9 Å². The number of nitrogens with two attached hydrogens (primary N) is 2. The monoisotopic (exact) mass is 454 g/mol. The summed E-state index contributed by atoms with van der Waals surface area (Å²) in [4.78, 5) is 29.3. The maximum atomic E-state index is 12.4. The van der Waals surface area contributed by atoms with E-state index in [0.29, 0.717) is 49.9 Å². The standard InChI is InChI=1S/C23H34N8O2/c24-14-17-6-8-18(9-7-17)15-26-21-27-20(25)28-22(29-21)30-10-12-31(13-11-30)23(32)33-16-19-4-2-1-3-5-19/h1-5,17-18H,6-16,24H2,(H3,25,26,27,28,29). The Morgan fingerprint density at radius 3 is 2.39 bits per heavy atom. The number of carbonyl (C=O) groups excluding carboxylic acids is 1. The predicted molar refractivity (Wildman–Crippen MR) is 128 cm³/mol. The van der Waals surface area contributed by atoms with E-state index in [2.05, 4.69) is 20.3 Å². The van der Waals surface area contributed by atoms with Crippen molar-refractivity contribution in [3.8, 4) is 0 Å². The molecule has 1 aromatic heterocycles. The first-order valence-corrected chi connectivity index (χ1v) is 11.8. The van der Waals surface area contributed by atoms with Crippen molar-refractivity contribution < 1.29 is 9.53 Å². The summed E-state index contributed by atoms with van der Waals surface area (Å²) in [6, 6.07) is 9.67. The number of carbonyl (C=O) groups is 1. The van der Waals surface area contributed by atoms with Crippen molar-refractivity contribution in [2.45, 2.75) is 32.3 Å². The highest BCUT2D eigenvalue weighted by atomic mass is 16.6. The molecular formula is C23H34N8O2. The zero-order valence-corrected chi connectivity index (χ0v) is 19.0. The fourth-order valence-electron chi connectivity index (χ4n) is 4.41. The van der Waals surface area contributed by atoms with Gasteiger partial charge in [-0.1, -0.05) is 30.3 Å². The van der Waals surface area contributed by atoms with Gasteiger partial charge in [-0.2, -0.15) is 15.0 Å². The average Bonchev–Trinajstić information content (AvgIpc) is 2.87.